The zero-order valence-corrected chi connectivity index (χ0v) is 9.13. The topological polar surface area (TPSA) is 44.8 Å². The van der Waals surface area contributed by atoms with Crippen LogP contribution in [0.1, 0.15) is 6.92 Å². The second-order valence-electron chi connectivity index (χ2n) is 3.67. The summed E-state index contributed by atoms with van der Waals surface area (Å²) in [6.07, 6.45) is -0.541. The number of carbonyl (C=O) groups excluding carboxylic acids is 1. The summed E-state index contributed by atoms with van der Waals surface area (Å²) in [5.41, 5.74) is 0. The molecule has 0 amide bonds. The molecule has 0 radical (unpaired) electrons. The van der Waals surface area contributed by atoms with Crippen LogP contribution in [0.25, 0.3) is 0 Å². The van der Waals surface area contributed by atoms with Gasteiger partial charge in [0.15, 0.2) is 11.9 Å². The Hall–Kier alpha value is -0.260. The number of hydrogen-bond acceptors (Lipinski definition) is 5. The van der Waals surface area contributed by atoms with E-state index in [4.69, 9.17) is 9.47 Å². The van der Waals surface area contributed by atoms with E-state index in [1.807, 2.05) is 0 Å². The highest BCUT2D eigenvalue weighted by atomic mass is 32.2. The van der Waals surface area contributed by atoms with Crippen LogP contribution in [0.2, 0.25) is 0 Å². The molecule has 1 spiro atoms. The maximum Gasteiger partial charge on any atom is 0.337 e. The molecule has 2 aliphatic heterocycles. The Labute approximate surface area is 87.3 Å². The molecule has 2 aliphatic rings. The number of hydrogen-bond donors (Lipinski definition) is 0. The van der Waals surface area contributed by atoms with Gasteiger partial charge in [0.05, 0.1) is 13.7 Å². The molecule has 0 saturated carbocycles. The molecule has 14 heavy (non-hydrogen) atoms. The quantitative estimate of drug-likeness (QED) is 0.605. The van der Waals surface area contributed by atoms with Crippen molar-refractivity contribution in [2.75, 3.05) is 25.2 Å². The third-order valence-corrected chi connectivity index (χ3v) is 4.05. The zero-order valence-electron chi connectivity index (χ0n) is 8.32. The summed E-state index contributed by atoms with van der Waals surface area (Å²) in [7, 11) is 1.36. The summed E-state index contributed by atoms with van der Waals surface area (Å²) in [5, 5.41) is 0. The van der Waals surface area contributed by atoms with E-state index < -0.39 is 11.9 Å². The van der Waals surface area contributed by atoms with Crippen molar-refractivity contribution in [3.05, 3.63) is 0 Å². The molecule has 0 aromatic heterocycles. The molecule has 0 aromatic carbocycles. The summed E-state index contributed by atoms with van der Waals surface area (Å²) in [6, 6.07) is 0. The average molecular weight is 218 g/mol. The van der Waals surface area contributed by atoms with Crippen LogP contribution < -0.4 is 0 Å². The summed E-state index contributed by atoms with van der Waals surface area (Å²) in [4.78, 5) is 11.2. The average Bonchev–Trinajstić information content (AvgIpc) is 2.76. The smallest absolute Gasteiger partial charge is 0.337 e. The Balaban J connectivity index is 2.03. The fraction of sp³-hybridized carbons (Fsp3) is 0.889. The lowest BCUT2D eigenvalue weighted by atomic mass is 10.1. The van der Waals surface area contributed by atoms with Gasteiger partial charge in [-0.3, -0.25) is 0 Å². The van der Waals surface area contributed by atoms with Gasteiger partial charge in [0.25, 0.3) is 0 Å². The minimum absolute atomic E-state index is 0.317. The fourth-order valence-corrected chi connectivity index (χ4v) is 3.20. The molecule has 4 nitrogen and oxygen atoms in total. The van der Waals surface area contributed by atoms with Gasteiger partial charge in [-0.2, -0.15) is 11.8 Å². The summed E-state index contributed by atoms with van der Waals surface area (Å²) in [6.45, 7) is 2.40. The van der Waals surface area contributed by atoms with Crippen molar-refractivity contribution < 1.29 is 19.0 Å². The molecule has 2 saturated heterocycles. The van der Waals surface area contributed by atoms with E-state index in [0.717, 1.165) is 11.5 Å². The van der Waals surface area contributed by atoms with Crippen molar-refractivity contribution >= 4 is 17.7 Å². The third-order valence-electron chi connectivity index (χ3n) is 2.71. The largest absolute Gasteiger partial charge is 0.467 e. The van der Waals surface area contributed by atoms with Crippen LogP contribution in [0.3, 0.4) is 0 Å². The van der Waals surface area contributed by atoms with Crippen LogP contribution in [-0.2, 0) is 19.0 Å². The second kappa shape index (κ2) is 3.72. The summed E-state index contributed by atoms with van der Waals surface area (Å²) >= 11 is 1.80. The Kier molecular flexibility index (Phi) is 2.72. The Morgan fingerprint density at radius 1 is 1.64 bits per heavy atom. The predicted molar refractivity (Wildman–Crippen MR) is 52.1 cm³/mol. The molecule has 80 valence electrons. The number of carbonyl (C=O) groups is 1. The van der Waals surface area contributed by atoms with E-state index >= 15 is 0 Å². The fourth-order valence-electron chi connectivity index (χ4n) is 1.75. The first-order valence-electron chi connectivity index (χ1n) is 4.65. The van der Waals surface area contributed by atoms with Crippen LogP contribution in [-0.4, -0.2) is 43.1 Å². The van der Waals surface area contributed by atoms with Gasteiger partial charge >= 0.3 is 5.97 Å². The van der Waals surface area contributed by atoms with E-state index in [9.17, 15) is 4.79 Å². The van der Waals surface area contributed by atoms with Gasteiger partial charge in [-0.15, -0.1) is 0 Å². The monoisotopic (exact) mass is 218 g/mol. The normalized spacial score (nSPS) is 41.9. The minimum Gasteiger partial charge on any atom is -0.467 e. The highest BCUT2D eigenvalue weighted by molar-refractivity contribution is 7.99. The number of rotatable bonds is 1. The van der Waals surface area contributed by atoms with Crippen LogP contribution >= 0.6 is 11.8 Å². The van der Waals surface area contributed by atoms with Crippen molar-refractivity contribution in [1.82, 2.24) is 0 Å². The first kappa shape index (κ1) is 10.3. The minimum atomic E-state index is -0.541. The third kappa shape index (κ3) is 1.53. The molecular formula is C9H14O4S. The molecule has 2 rings (SSSR count). The molecule has 5 heteroatoms. The maximum atomic E-state index is 11.2. The molecule has 2 fully saturated rings. The highest BCUT2D eigenvalue weighted by Crippen LogP contribution is 2.41. The van der Waals surface area contributed by atoms with Crippen molar-refractivity contribution in [3.63, 3.8) is 0 Å². The van der Waals surface area contributed by atoms with Crippen LogP contribution in [0.15, 0.2) is 0 Å². The van der Waals surface area contributed by atoms with Crippen molar-refractivity contribution in [2.24, 2.45) is 5.92 Å². The molecule has 0 N–H and O–H groups in total. The van der Waals surface area contributed by atoms with Gasteiger partial charge in [0, 0.05) is 17.4 Å². The predicted octanol–water partition coefficient (Wildman–Crippen LogP) is 0.654. The molecular weight excluding hydrogens is 204 g/mol. The van der Waals surface area contributed by atoms with E-state index in [-0.39, 0.29) is 5.97 Å². The van der Waals surface area contributed by atoms with E-state index in [2.05, 4.69) is 11.7 Å². The van der Waals surface area contributed by atoms with E-state index in [1.165, 1.54) is 7.11 Å². The maximum absolute atomic E-state index is 11.2. The number of ether oxygens (including phenoxy) is 3. The van der Waals surface area contributed by atoms with Gasteiger partial charge in [-0.25, -0.2) is 4.79 Å². The second-order valence-corrected chi connectivity index (χ2v) is 4.70. The number of thioether (sulfide) groups is 1. The summed E-state index contributed by atoms with van der Waals surface area (Å²) in [5.74, 6) is 1.28. The molecule has 0 aromatic rings. The van der Waals surface area contributed by atoms with E-state index in [1.54, 1.807) is 11.8 Å². The molecule has 3 atom stereocenters. The zero-order chi connectivity index (χ0) is 10.2. The van der Waals surface area contributed by atoms with Crippen LogP contribution in [0, 0.1) is 5.92 Å². The first-order chi connectivity index (χ1) is 6.68. The van der Waals surface area contributed by atoms with Gasteiger partial charge in [-0.1, -0.05) is 6.92 Å². The SMILES string of the molecule is COC(=O)C1COC2(CSCC2C)O1. The lowest BCUT2D eigenvalue weighted by Crippen LogP contribution is -2.38. The van der Waals surface area contributed by atoms with Crippen molar-refractivity contribution in [3.8, 4) is 0 Å². The number of methoxy groups -OCH3 is 1. The molecule has 0 aliphatic carbocycles. The Morgan fingerprint density at radius 2 is 2.43 bits per heavy atom. The molecule has 3 unspecified atom stereocenters. The standard InChI is InChI=1S/C9H14O4S/c1-6-4-14-5-9(6)12-3-7(13-9)8(10)11-2/h6-7H,3-5H2,1-2H3. The molecule has 0 bridgehead atoms. The van der Waals surface area contributed by atoms with Gasteiger partial charge in [0.1, 0.15) is 0 Å². The highest BCUT2D eigenvalue weighted by Gasteiger charge is 2.51. The number of esters is 1. The van der Waals surface area contributed by atoms with Crippen LogP contribution in [0.4, 0.5) is 0 Å². The lowest BCUT2D eigenvalue weighted by Gasteiger charge is -2.25. The van der Waals surface area contributed by atoms with Crippen molar-refractivity contribution in [1.29, 1.82) is 0 Å². The van der Waals surface area contributed by atoms with Crippen molar-refractivity contribution in [2.45, 2.75) is 18.8 Å². The Bertz CT molecular complexity index is 245. The van der Waals surface area contributed by atoms with Gasteiger partial charge < -0.3 is 14.2 Å². The summed E-state index contributed by atoms with van der Waals surface area (Å²) < 4.78 is 15.9. The van der Waals surface area contributed by atoms with Gasteiger partial charge in [0.2, 0.25) is 0 Å². The van der Waals surface area contributed by atoms with Crippen LogP contribution in [0.5, 0.6) is 0 Å². The van der Waals surface area contributed by atoms with E-state index in [0.29, 0.717) is 12.5 Å². The van der Waals surface area contributed by atoms with Gasteiger partial charge in [-0.05, 0) is 0 Å². The molecule has 2 heterocycles. The first-order valence-corrected chi connectivity index (χ1v) is 5.81. The lowest BCUT2D eigenvalue weighted by molar-refractivity contribution is -0.185. The Morgan fingerprint density at radius 3 is 3.00 bits per heavy atom.